The highest BCUT2D eigenvalue weighted by Crippen LogP contribution is 2.34. The molecule has 124 valence electrons. The van der Waals surface area contributed by atoms with Crippen molar-refractivity contribution in [3.05, 3.63) is 36.9 Å². The minimum Gasteiger partial charge on any atom is -0.495 e. The van der Waals surface area contributed by atoms with E-state index >= 15 is 0 Å². The van der Waals surface area contributed by atoms with Crippen LogP contribution in [0.1, 0.15) is 0 Å². The summed E-state index contributed by atoms with van der Waals surface area (Å²) in [5, 5.41) is 7.46. The molecule has 0 unspecified atom stereocenters. The summed E-state index contributed by atoms with van der Waals surface area (Å²) in [5.74, 6) is 0.739. The maximum Gasteiger partial charge on any atom is 0.140 e. The minimum atomic E-state index is 0.739. The second-order valence-electron chi connectivity index (χ2n) is 6.18. The number of nitrogens with zero attached hydrogens (tertiary/aromatic N) is 5. The van der Waals surface area contributed by atoms with Gasteiger partial charge in [-0.3, -0.25) is 4.68 Å². The molecule has 0 aliphatic heterocycles. The lowest BCUT2D eigenvalue weighted by molar-refractivity contribution is 0.413. The molecule has 0 saturated heterocycles. The highest BCUT2D eigenvalue weighted by Gasteiger charge is 2.15. The number of nitrogens with one attached hydrogen (secondary N) is 1. The zero-order chi connectivity index (χ0) is 17.1. The summed E-state index contributed by atoms with van der Waals surface area (Å²) in [7, 11) is 5.59. The van der Waals surface area contributed by atoms with Gasteiger partial charge in [-0.15, -0.1) is 0 Å². The third-order valence-electron chi connectivity index (χ3n) is 4.67. The van der Waals surface area contributed by atoms with Crippen molar-refractivity contribution in [1.82, 2.24) is 29.3 Å². The molecule has 0 amide bonds. The third-order valence-corrected chi connectivity index (χ3v) is 4.67. The fourth-order valence-corrected chi connectivity index (χ4v) is 3.45. The van der Waals surface area contributed by atoms with E-state index in [9.17, 15) is 0 Å². The van der Waals surface area contributed by atoms with Gasteiger partial charge in [0.15, 0.2) is 0 Å². The van der Waals surface area contributed by atoms with E-state index in [4.69, 9.17) is 4.74 Å². The lowest BCUT2D eigenvalue weighted by atomic mass is 10.1. The topological polar surface area (TPSA) is 73.6 Å². The Morgan fingerprint density at radius 3 is 2.76 bits per heavy atom. The molecule has 7 heteroatoms. The molecule has 25 heavy (non-hydrogen) atoms. The van der Waals surface area contributed by atoms with Crippen LogP contribution in [0, 0.1) is 0 Å². The van der Waals surface area contributed by atoms with E-state index in [2.05, 4.69) is 32.3 Å². The molecule has 5 aromatic heterocycles. The average molecular weight is 332 g/mol. The molecule has 0 radical (unpaired) electrons. The standard InChI is InChI=1S/C18H16N6O/c1-23-9-14(12-4-11(25-3)8-20-18(12)23)15-5-13-16-10(7-21-24(16)2)6-19-17(13)22-15/h4-9H,1-3H3,(H,19,22). The average Bonchev–Trinajstić information content (AvgIpc) is 3.30. The van der Waals surface area contributed by atoms with Gasteiger partial charge in [-0.05, 0) is 12.1 Å². The number of ether oxygens (including phenoxy) is 1. The fourth-order valence-electron chi connectivity index (χ4n) is 3.45. The number of aromatic nitrogens is 6. The van der Waals surface area contributed by atoms with E-state index < -0.39 is 0 Å². The summed E-state index contributed by atoms with van der Waals surface area (Å²) in [6, 6.07) is 4.14. The van der Waals surface area contributed by atoms with E-state index in [0.717, 1.165) is 50.0 Å². The normalized spacial score (nSPS) is 11.8. The molecule has 0 fully saturated rings. The summed E-state index contributed by atoms with van der Waals surface area (Å²) >= 11 is 0. The van der Waals surface area contributed by atoms with Crippen LogP contribution >= 0.6 is 0 Å². The first-order valence-corrected chi connectivity index (χ1v) is 7.94. The Bertz CT molecular complexity index is 1260. The van der Waals surface area contributed by atoms with E-state index in [-0.39, 0.29) is 0 Å². The van der Waals surface area contributed by atoms with Crippen LogP contribution in [0.25, 0.3) is 44.2 Å². The van der Waals surface area contributed by atoms with Crippen molar-refractivity contribution in [2.45, 2.75) is 0 Å². The number of fused-ring (bicyclic) bond motifs is 4. The van der Waals surface area contributed by atoms with Crippen molar-refractivity contribution in [2.75, 3.05) is 7.11 Å². The predicted molar refractivity (Wildman–Crippen MR) is 96.6 cm³/mol. The molecule has 7 nitrogen and oxygen atoms in total. The van der Waals surface area contributed by atoms with Crippen molar-refractivity contribution in [2.24, 2.45) is 14.1 Å². The first kappa shape index (κ1) is 14.0. The van der Waals surface area contributed by atoms with Crippen LogP contribution in [-0.2, 0) is 14.1 Å². The zero-order valence-electron chi connectivity index (χ0n) is 14.1. The number of rotatable bonds is 2. The summed E-state index contributed by atoms with van der Waals surface area (Å²) in [6.07, 6.45) is 7.49. The summed E-state index contributed by atoms with van der Waals surface area (Å²) in [6.45, 7) is 0. The van der Waals surface area contributed by atoms with Gasteiger partial charge in [0.2, 0.25) is 0 Å². The second-order valence-corrected chi connectivity index (χ2v) is 6.18. The summed E-state index contributed by atoms with van der Waals surface area (Å²) in [5.41, 5.74) is 4.89. The summed E-state index contributed by atoms with van der Waals surface area (Å²) < 4.78 is 9.23. The van der Waals surface area contributed by atoms with Crippen LogP contribution in [0.15, 0.2) is 36.9 Å². The molecule has 5 heterocycles. The van der Waals surface area contributed by atoms with E-state index in [1.54, 1.807) is 13.3 Å². The Morgan fingerprint density at radius 1 is 1.04 bits per heavy atom. The molecule has 0 aliphatic rings. The van der Waals surface area contributed by atoms with Gasteiger partial charge in [-0.2, -0.15) is 5.10 Å². The van der Waals surface area contributed by atoms with Crippen molar-refractivity contribution < 1.29 is 4.74 Å². The molecule has 5 rings (SSSR count). The molecule has 0 aromatic carbocycles. The Morgan fingerprint density at radius 2 is 1.92 bits per heavy atom. The van der Waals surface area contributed by atoms with Crippen molar-refractivity contribution in [3.8, 4) is 17.0 Å². The van der Waals surface area contributed by atoms with Gasteiger partial charge < -0.3 is 14.3 Å². The quantitative estimate of drug-likeness (QED) is 0.539. The van der Waals surface area contributed by atoms with Crippen molar-refractivity contribution >= 4 is 33.0 Å². The first-order chi connectivity index (χ1) is 12.2. The molecule has 0 aliphatic carbocycles. The third kappa shape index (κ3) is 1.89. The van der Waals surface area contributed by atoms with Gasteiger partial charge in [0.25, 0.3) is 0 Å². The van der Waals surface area contributed by atoms with E-state index in [0.29, 0.717) is 0 Å². The van der Waals surface area contributed by atoms with Crippen LogP contribution < -0.4 is 4.74 Å². The molecule has 0 atom stereocenters. The maximum atomic E-state index is 5.34. The Labute approximate surface area is 142 Å². The molecule has 0 bridgehead atoms. The van der Waals surface area contributed by atoms with Gasteiger partial charge in [0.05, 0.1) is 25.0 Å². The fraction of sp³-hybridized carbons (Fsp3) is 0.167. The van der Waals surface area contributed by atoms with E-state index in [1.165, 1.54) is 0 Å². The Hall–Kier alpha value is -3.35. The van der Waals surface area contributed by atoms with Crippen molar-refractivity contribution in [3.63, 3.8) is 0 Å². The van der Waals surface area contributed by atoms with E-state index in [1.807, 2.05) is 41.8 Å². The Balaban J connectivity index is 1.82. The molecule has 0 saturated carbocycles. The lowest BCUT2D eigenvalue weighted by Gasteiger charge is -2.00. The SMILES string of the molecule is COc1cnc2c(c1)c(-c1cc3c(ncc4cnn(C)c43)[nH]1)cn2C. The van der Waals surface area contributed by atoms with Crippen LogP contribution in [0.4, 0.5) is 0 Å². The number of hydrogen-bond acceptors (Lipinski definition) is 4. The number of hydrogen-bond donors (Lipinski definition) is 1. The van der Waals surface area contributed by atoms with Crippen LogP contribution in [-0.4, -0.2) is 36.4 Å². The number of pyridine rings is 2. The summed E-state index contributed by atoms with van der Waals surface area (Å²) in [4.78, 5) is 12.5. The van der Waals surface area contributed by atoms with Gasteiger partial charge in [0, 0.05) is 53.9 Å². The predicted octanol–water partition coefficient (Wildman–Crippen LogP) is 3.01. The number of H-pyrrole nitrogens is 1. The molecule has 5 aromatic rings. The van der Waals surface area contributed by atoms with Gasteiger partial charge in [-0.25, -0.2) is 9.97 Å². The zero-order valence-corrected chi connectivity index (χ0v) is 14.1. The van der Waals surface area contributed by atoms with Crippen LogP contribution in [0.5, 0.6) is 5.75 Å². The maximum absolute atomic E-state index is 5.34. The second kappa shape index (κ2) is 4.83. The number of aromatic amines is 1. The lowest BCUT2D eigenvalue weighted by Crippen LogP contribution is -1.89. The first-order valence-electron chi connectivity index (χ1n) is 7.94. The molecular weight excluding hydrogens is 316 g/mol. The minimum absolute atomic E-state index is 0.739. The largest absolute Gasteiger partial charge is 0.495 e. The highest BCUT2D eigenvalue weighted by molar-refractivity contribution is 6.05. The van der Waals surface area contributed by atoms with Gasteiger partial charge in [-0.1, -0.05) is 0 Å². The highest BCUT2D eigenvalue weighted by atomic mass is 16.5. The number of aryl methyl sites for hydroxylation is 2. The van der Waals surface area contributed by atoms with Gasteiger partial charge in [0.1, 0.15) is 17.0 Å². The van der Waals surface area contributed by atoms with Crippen molar-refractivity contribution in [1.29, 1.82) is 0 Å². The molecular formula is C18H16N6O. The van der Waals surface area contributed by atoms with Crippen LogP contribution in [0.3, 0.4) is 0 Å². The number of methoxy groups -OCH3 is 1. The molecule has 0 spiro atoms. The van der Waals surface area contributed by atoms with Crippen LogP contribution in [0.2, 0.25) is 0 Å². The monoisotopic (exact) mass is 332 g/mol. The van der Waals surface area contributed by atoms with Gasteiger partial charge >= 0.3 is 0 Å². The molecule has 1 N–H and O–H groups in total. The smallest absolute Gasteiger partial charge is 0.140 e. The Kier molecular flexibility index (Phi) is 2.71.